The summed E-state index contributed by atoms with van der Waals surface area (Å²) in [7, 11) is 0. The predicted octanol–water partition coefficient (Wildman–Crippen LogP) is 2.29. The van der Waals surface area contributed by atoms with Crippen molar-refractivity contribution in [2.24, 2.45) is 5.73 Å². The van der Waals surface area contributed by atoms with Crippen molar-refractivity contribution in [2.45, 2.75) is 26.3 Å². The Labute approximate surface area is 113 Å². The fourth-order valence-corrected chi connectivity index (χ4v) is 1.59. The van der Waals surface area contributed by atoms with E-state index in [4.69, 9.17) is 18.0 Å². The quantitative estimate of drug-likeness (QED) is 0.803. The van der Waals surface area contributed by atoms with Crippen LogP contribution in [0.4, 0.5) is 10.5 Å². The number of nitrogens with two attached hydrogens (primary N) is 1. The van der Waals surface area contributed by atoms with E-state index in [9.17, 15) is 4.79 Å². The van der Waals surface area contributed by atoms with E-state index < -0.39 is 0 Å². The highest BCUT2D eigenvalue weighted by atomic mass is 32.1. The molecule has 0 spiro atoms. The first-order valence-corrected chi connectivity index (χ1v) is 6.33. The summed E-state index contributed by atoms with van der Waals surface area (Å²) in [6, 6.07) is 9.44. The minimum absolute atomic E-state index is 0.0912. The Hall–Kier alpha value is -1.62. The molecule has 0 radical (unpaired) electrons. The Morgan fingerprint density at radius 1 is 1.39 bits per heavy atom. The van der Waals surface area contributed by atoms with Crippen LogP contribution in [0.3, 0.4) is 0 Å². The van der Waals surface area contributed by atoms with Crippen LogP contribution >= 0.6 is 12.2 Å². The van der Waals surface area contributed by atoms with Crippen molar-refractivity contribution in [2.75, 3.05) is 11.4 Å². The van der Waals surface area contributed by atoms with E-state index in [-0.39, 0.29) is 12.1 Å². The topological polar surface area (TPSA) is 58.4 Å². The van der Waals surface area contributed by atoms with Crippen molar-refractivity contribution < 1.29 is 4.79 Å². The normalized spacial score (nSPS) is 10.2. The van der Waals surface area contributed by atoms with Gasteiger partial charge in [-0.2, -0.15) is 0 Å². The minimum atomic E-state index is -0.132. The van der Waals surface area contributed by atoms with Crippen molar-refractivity contribution >= 4 is 28.9 Å². The lowest BCUT2D eigenvalue weighted by molar-refractivity contribution is 0.244. The molecule has 1 aromatic rings. The second-order valence-electron chi connectivity index (χ2n) is 4.31. The number of rotatable bonds is 5. The molecule has 0 unspecified atom stereocenters. The fraction of sp³-hybridized carbons (Fsp3) is 0.385. The molecule has 0 aliphatic heterocycles. The monoisotopic (exact) mass is 265 g/mol. The molecule has 1 rings (SSSR count). The molecule has 0 aliphatic rings. The van der Waals surface area contributed by atoms with E-state index in [0.29, 0.717) is 18.0 Å². The molecular weight excluding hydrogens is 246 g/mol. The van der Waals surface area contributed by atoms with Crippen LogP contribution in [-0.2, 0) is 0 Å². The zero-order chi connectivity index (χ0) is 13.5. The van der Waals surface area contributed by atoms with Crippen LogP contribution in [0, 0.1) is 0 Å². The maximum atomic E-state index is 12.1. The molecule has 0 atom stereocenters. The summed E-state index contributed by atoms with van der Waals surface area (Å²) in [6.07, 6.45) is 0.510. The Morgan fingerprint density at radius 3 is 2.50 bits per heavy atom. The zero-order valence-electron chi connectivity index (χ0n) is 10.7. The molecule has 0 fully saturated rings. The summed E-state index contributed by atoms with van der Waals surface area (Å²) in [6.45, 7) is 4.33. The van der Waals surface area contributed by atoms with E-state index in [1.807, 2.05) is 44.2 Å². The second kappa shape index (κ2) is 6.96. The lowest BCUT2D eigenvalue weighted by Gasteiger charge is -2.24. The third-order valence-corrected chi connectivity index (χ3v) is 2.51. The van der Waals surface area contributed by atoms with Crippen molar-refractivity contribution in [3.63, 3.8) is 0 Å². The van der Waals surface area contributed by atoms with Gasteiger partial charge in [0, 0.05) is 24.7 Å². The SMILES string of the molecule is CC(C)NC(=O)N(CCC(N)=S)c1ccccc1. The molecule has 5 heteroatoms. The number of benzene rings is 1. The van der Waals surface area contributed by atoms with E-state index >= 15 is 0 Å². The third kappa shape index (κ3) is 4.71. The van der Waals surface area contributed by atoms with Gasteiger partial charge in [-0.05, 0) is 26.0 Å². The highest BCUT2D eigenvalue weighted by molar-refractivity contribution is 7.80. The summed E-state index contributed by atoms with van der Waals surface area (Å²) in [5.74, 6) is 0. The zero-order valence-corrected chi connectivity index (χ0v) is 11.5. The van der Waals surface area contributed by atoms with Crippen molar-refractivity contribution in [1.82, 2.24) is 5.32 Å². The molecule has 3 N–H and O–H groups in total. The molecule has 0 bridgehead atoms. The summed E-state index contributed by atoms with van der Waals surface area (Å²) in [5, 5.41) is 2.87. The lowest BCUT2D eigenvalue weighted by Crippen LogP contribution is -2.44. The first-order valence-electron chi connectivity index (χ1n) is 5.92. The van der Waals surface area contributed by atoms with Gasteiger partial charge in [-0.1, -0.05) is 30.4 Å². The van der Waals surface area contributed by atoms with Gasteiger partial charge in [-0.3, -0.25) is 4.90 Å². The Kier molecular flexibility index (Phi) is 5.58. The van der Waals surface area contributed by atoms with Crippen LogP contribution in [0.1, 0.15) is 20.3 Å². The molecule has 98 valence electrons. The lowest BCUT2D eigenvalue weighted by atomic mass is 10.2. The number of nitrogens with zero attached hydrogens (tertiary/aromatic N) is 1. The van der Waals surface area contributed by atoms with Gasteiger partial charge in [0.25, 0.3) is 0 Å². The van der Waals surface area contributed by atoms with E-state index in [2.05, 4.69) is 5.32 Å². The molecule has 4 nitrogen and oxygen atoms in total. The summed E-state index contributed by atoms with van der Waals surface area (Å²) in [4.78, 5) is 14.2. The molecule has 2 amide bonds. The average molecular weight is 265 g/mol. The number of carbonyl (C=O) groups excluding carboxylic acids is 1. The highest BCUT2D eigenvalue weighted by Gasteiger charge is 2.15. The van der Waals surface area contributed by atoms with Crippen LogP contribution in [-0.4, -0.2) is 23.6 Å². The minimum Gasteiger partial charge on any atom is -0.393 e. The number of para-hydroxylation sites is 1. The van der Waals surface area contributed by atoms with Crippen LogP contribution in [0.25, 0.3) is 0 Å². The van der Waals surface area contributed by atoms with Crippen LogP contribution in [0.5, 0.6) is 0 Å². The molecular formula is C13H19N3OS. The van der Waals surface area contributed by atoms with Gasteiger partial charge < -0.3 is 11.1 Å². The summed E-state index contributed by atoms with van der Waals surface area (Å²) >= 11 is 4.86. The van der Waals surface area contributed by atoms with Gasteiger partial charge in [0.15, 0.2) is 0 Å². The first-order chi connectivity index (χ1) is 8.50. The van der Waals surface area contributed by atoms with E-state index in [1.165, 1.54) is 0 Å². The Balaban J connectivity index is 2.81. The molecule has 0 saturated heterocycles. The number of anilines is 1. The number of thiocarbonyl (C=S) groups is 1. The third-order valence-electron chi connectivity index (χ3n) is 2.31. The van der Waals surface area contributed by atoms with E-state index in [0.717, 1.165) is 5.69 Å². The predicted molar refractivity (Wildman–Crippen MR) is 78.9 cm³/mol. The maximum Gasteiger partial charge on any atom is 0.322 e. The van der Waals surface area contributed by atoms with Crippen LogP contribution < -0.4 is 16.0 Å². The largest absolute Gasteiger partial charge is 0.393 e. The smallest absolute Gasteiger partial charge is 0.322 e. The summed E-state index contributed by atoms with van der Waals surface area (Å²) in [5.41, 5.74) is 6.33. The molecule has 18 heavy (non-hydrogen) atoms. The van der Waals surface area contributed by atoms with Crippen LogP contribution in [0.2, 0.25) is 0 Å². The standard InChI is InChI=1S/C13H19N3OS/c1-10(2)15-13(17)16(9-8-12(14)18)11-6-4-3-5-7-11/h3-7,10H,8-9H2,1-2H3,(H2,14,18)(H,15,17). The summed E-state index contributed by atoms with van der Waals surface area (Å²) < 4.78 is 0. The van der Waals surface area contributed by atoms with Gasteiger partial charge in [-0.15, -0.1) is 0 Å². The van der Waals surface area contributed by atoms with Crippen LogP contribution in [0.15, 0.2) is 30.3 Å². The van der Waals surface area contributed by atoms with Gasteiger partial charge in [0.1, 0.15) is 0 Å². The van der Waals surface area contributed by atoms with Gasteiger partial charge in [-0.25, -0.2) is 4.79 Å². The maximum absolute atomic E-state index is 12.1. The van der Waals surface area contributed by atoms with Crippen molar-refractivity contribution in [1.29, 1.82) is 0 Å². The number of amides is 2. The number of hydrogen-bond donors (Lipinski definition) is 2. The second-order valence-corrected chi connectivity index (χ2v) is 4.83. The highest BCUT2D eigenvalue weighted by Crippen LogP contribution is 2.14. The van der Waals surface area contributed by atoms with Crippen molar-refractivity contribution in [3.8, 4) is 0 Å². The Bertz CT molecular complexity index is 406. The number of nitrogens with one attached hydrogen (secondary N) is 1. The molecule has 0 heterocycles. The Morgan fingerprint density at radius 2 is 2.00 bits per heavy atom. The number of hydrogen-bond acceptors (Lipinski definition) is 2. The first kappa shape index (κ1) is 14.4. The molecule has 0 saturated carbocycles. The number of carbonyl (C=O) groups is 1. The van der Waals surface area contributed by atoms with Gasteiger partial charge in [0.2, 0.25) is 0 Å². The average Bonchev–Trinajstić information content (AvgIpc) is 2.29. The molecule has 1 aromatic carbocycles. The van der Waals surface area contributed by atoms with Gasteiger partial charge >= 0.3 is 6.03 Å². The van der Waals surface area contributed by atoms with Crippen molar-refractivity contribution in [3.05, 3.63) is 30.3 Å². The fourth-order valence-electron chi connectivity index (χ4n) is 1.50. The molecule has 0 aliphatic carbocycles. The molecule has 0 aromatic heterocycles. The van der Waals surface area contributed by atoms with E-state index in [1.54, 1.807) is 4.90 Å². The van der Waals surface area contributed by atoms with Gasteiger partial charge in [0.05, 0.1) is 4.99 Å². The number of urea groups is 1.